The molecule has 0 aromatic carbocycles. The Balaban J connectivity index is 2.65. The van der Waals surface area contributed by atoms with Gasteiger partial charge in [0.05, 0.1) is 0 Å². The molecule has 1 heterocycles. The van der Waals surface area contributed by atoms with Crippen molar-refractivity contribution in [1.82, 2.24) is 4.90 Å². The van der Waals surface area contributed by atoms with Crippen molar-refractivity contribution in [3.05, 3.63) is 0 Å². The molecule has 0 aromatic heterocycles. The second-order valence-corrected chi connectivity index (χ2v) is 7.47. The van der Waals surface area contributed by atoms with Crippen LogP contribution in [0, 0.1) is 16.2 Å². The zero-order valence-electron chi connectivity index (χ0n) is 11.1. The lowest BCUT2D eigenvalue weighted by molar-refractivity contribution is 0.184. The van der Waals surface area contributed by atoms with Gasteiger partial charge in [-0.15, -0.1) is 0 Å². The molecule has 1 fully saturated rings. The van der Waals surface area contributed by atoms with Crippen LogP contribution in [0.5, 0.6) is 0 Å². The first-order chi connectivity index (χ1) is 6.04. The van der Waals surface area contributed by atoms with Gasteiger partial charge in [0.1, 0.15) is 0 Å². The maximum Gasteiger partial charge on any atom is 0.00387 e. The molecule has 0 atom stereocenters. The summed E-state index contributed by atoms with van der Waals surface area (Å²) in [7, 11) is 0. The molecule has 14 heavy (non-hydrogen) atoms. The van der Waals surface area contributed by atoms with Crippen molar-refractivity contribution in [3.63, 3.8) is 0 Å². The van der Waals surface area contributed by atoms with Gasteiger partial charge >= 0.3 is 0 Å². The van der Waals surface area contributed by atoms with E-state index in [4.69, 9.17) is 0 Å². The summed E-state index contributed by atoms with van der Waals surface area (Å²) in [5.41, 5.74) is 1.34. The zero-order valence-corrected chi connectivity index (χ0v) is 11.1. The maximum absolute atomic E-state index is 2.62. The summed E-state index contributed by atoms with van der Waals surface area (Å²) in [6, 6.07) is 0. The first kappa shape index (κ1) is 12.0. The summed E-state index contributed by atoms with van der Waals surface area (Å²) >= 11 is 0. The van der Waals surface area contributed by atoms with Crippen molar-refractivity contribution >= 4 is 0 Å². The van der Waals surface area contributed by atoms with Gasteiger partial charge in [-0.3, -0.25) is 0 Å². The molecule has 84 valence electrons. The Morgan fingerprint density at radius 3 is 1.57 bits per heavy atom. The van der Waals surface area contributed by atoms with Crippen LogP contribution < -0.4 is 0 Å². The average Bonchev–Trinajstić information content (AvgIpc) is 1.94. The second-order valence-electron chi connectivity index (χ2n) is 7.47. The van der Waals surface area contributed by atoms with Crippen molar-refractivity contribution in [2.24, 2.45) is 16.2 Å². The van der Waals surface area contributed by atoms with Crippen molar-refractivity contribution in [2.45, 2.75) is 48.5 Å². The van der Waals surface area contributed by atoms with Crippen LogP contribution in [0.1, 0.15) is 48.5 Å². The molecule has 1 rings (SSSR count). The SMILES string of the molecule is CC(C)(C)CN1CC(C)(C)C(C)(C)C1. The minimum Gasteiger partial charge on any atom is -0.302 e. The Kier molecular flexibility index (Phi) is 2.78. The highest BCUT2D eigenvalue weighted by atomic mass is 15.2. The lowest BCUT2D eigenvalue weighted by Gasteiger charge is -2.33. The molecule has 0 bridgehead atoms. The largest absolute Gasteiger partial charge is 0.302 e. The first-order valence-corrected chi connectivity index (χ1v) is 5.76. The Bertz CT molecular complexity index is 192. The molecular formula is C13H27N. The van der Waals surface area contributed by atoms with Gasteiger partial charge in [-0.25, -0.2) is 0 Å². The van der Waals surface area contributed by atoms with Crippen LogP contribution >= 0.6 is 0 Å². The standard InChI is InChI=1S/C13H27N/c1-11(2,3)8-14-9-12(4,5)13(6,7)10-14/h8-10H2,1-7H3. The van der Waals surface area contributed by atoms with E-state index >= 15 is 0 Å². The van der Waals surface area contributed by atoms with E-state index in [-0.39, 0.29) is 0 Å². The van der Waals surface area contributed by atoms with Gasteiger partial charge in [0, 0.05) is 19.6 Å². The predicted molar refractivity (Wildman–Crippen MR) is 63.5 cm³/mol. The van der Waals surface area contributed by atoms with E-state index in [1.54, 1.807) is 0 Å². The predicted octanol–water partition coefficient (Wildman–Crippen LogP) is 3.40. The molecule has 1 aliphatic heterocycles. The maximum atomic E-state index is 2.62. The quantitative estimate of drug-likeness (QED) is 0.623. The third kappa shape index (κ3) is 2.50. The molecule has 0 N–H and O–H groups in total. The highest BCUT2D eigenvalue weighted by Crippen LogP contribution is 2.45. The van der Waals surface area contributed by atoms with Crippen LogP contribution in [-0.4, -0.2) is 24.5 Å². The topological polar surface area (TPSA) is 3.24 Å². The van der Waals surface area contributed by atoms with Gasteiger partial charge in [0.25, 0.3) is 0 Å². The van der Waals surface area contributed by atoms with E-state index in [9.17, 15) is 0 Å². The molecule has 1 nitrogen and oxygen atoms in total. The third-order valence-corrected chi connectivity index (χ3v) is 3.77. The summed E-state index contributed by atoms with van der Waals surface area (Å²) in [6.07, 6.45) is 0. The summed E-state index contributed by atoms with van der Waals surface area (Å²) in [5, 5.41) is 0. The fourth-order valence-corrected chi connectivity index (χ4v) is 2.38. The van der Waals surface area contributed by atoms with E-state index in [1.165, 1.54) is 19.6 Å². The minimum atomic E-state index is 0.427. The van der Waals surface area contributed by atoms with Crippen LogP contribution in [0.15, 0.2) is 0 Å². The molecule has 0 aliphatic carbocycles. The Morgan fingerprint density at radius 2 is 1.29 bits per heavy atom. The molecular weight excluding hydrogens is 170 g/mol. The van der Waals surface area contributed by atoms with Crippen LogP contribution in [0.3, 0.4) is 0 Å². The summed E-state index contributed by atoms with van der Waals surface area (Å²) in [4.78, 5) is 2.62. The van der Waals surface area contributed by atoms with E-state index in [0.29, 0.717) is 16.2 Å². The normalized spacial score (nSPS) is 26.8. The van der Waals surface area contributed by atoms with Crippen molar-refractivity contribution < 1.29 is 0 Å². The van der Waals surface area contributed by atoms with Gasteiger partial charge in [0.15, 0.2) is 0 Å². The van der Waals surface area contributed by atoms with Gasteiger partial charge in [-0.05, 0) is 16.2 Å². The molecule has 1 heteroatoms. The molecule has 0 spiro atoms. The first-order valence-electron chi connectivity index (χ1n) is 5.76. The lowest BCUT2D eigenvalue weighted by atomic mass is 9.71. The Labute approximate surface area is 89.9 Å². The number of hydrogen-bond acceptors (Lipinski definition) is 1. The van der Waals surface area contributed by atoms with E-state index < -0.39 is 0 Å². The highest BCUT2D eigenvalue weighted by Gasteiger charge is 2.45. The van der Waals surface area contributed by atoms with Crippen LogP contribution in [0.25, 0.3) is 0 Å². The fraction of sp³-hybridized carbons (Fsp3) is 1.00. The Hall–Kier alpha value is -0.0400. The average molecular weight is 197 g/mol. The summed E-state index contributed by atoms with van der Waals surface area (Å²) in [6.45, 7) is 20.3. The van der Waals surface area contributed by atoms with Gasteiger partial charge in [0.2, 0.25) is 0 Å². The molecule has 1 aliphatic rings. The van der Waals surface area contributed by atoms with Crippen LogP contribution in [-0.2, 0) is 0 Å². The van der Waals surface area contributed by atoms with E-state index in [2.05, 4.69) is 53.4 Å². The number of likely N-dealkylation sites (tertiary alicyclic amines) is 1. The molecule has 1 saturated heterocycles. The monoisotopic (exact) mass is 197 g/mol. The van der Waals surface area contributed by atoms with E-state index in [1.807, 2.05) is 0 Å². The van der Waals surface area contributed by atoms with Crippen molar-refractivity contribution in [1.29, 1.82) is 0 Å². The summed E-state index contributed by atoms with van der Waals surface area (Å²) < 4.78 is 0. The smallest absolute Gasteiger partial charge is 0.00387 e. The molecule has 0 unspecified atom stereocenters. The van der Waals surface area contributed by atoms with Gasteiger partial charge < -0.3 is 4.90 Å². The van der Waals surface area contributed by atoms with Crippen LogP contribution in [0.2, 0.25) is 0 Å². The molecule has 0 amide bonds. The molecule has 0 aromatic rings. The number of rotatable bonds is 1. The van der Waals surface area contributed by atoms with Gasteiger partial charge in [-0.2, -0.15) is 0 Å². The highest BCUT2D eigenvalue weighted by molar-refractivity contribution is 4.97. The number of nitrogens with zero attached hydrogens (tertiary/aromatic N) is 1. The number of hydrogen-bond donors (Lipinski definition) is 0. The summed E-state index contributed by atoms with van der Waals surface area (Å²) in [5.74, 6) is 0. The lowest BCUT2D eigenvalue weighted by Crippen LogP contribution is -2.32. The molecule has 0 saturated carbocycles. The van der Waals surface area contributed by atoms with Gasteiger partial charge in [-0.1, -0.05) is 48.5 Å². The minimum absolute atomic E-state index is 0.427. The van der Waals surface area contributed by atoms with Crippen molar-refractivity contribution in [2.75, 3.05) is 19.6 Å². The Morgan fingerprint density at radius 1 is 0.929 bits per heavy atom. The fourth-order valence-electron chi connectivity index (χ4n) is 2.38. The van der Waals surface area contributed by atoms with E-state index in [0.717, 1.165) is 0 Å². The molecule has 0 radical (unpaired) electrons. The zero-order chi connectivity index (χ0) is 11.2. The van der Waals surface area contributed by atoms with Crippen molar-refractivity contribution in [3.8, 4) is 0 Å². The van der Waals surface area contributed by atoms with Crippen LogP contribution in [0.4, 0.5) is 0 Å². The second kappa shape index (κ2) is 3.23. The third-order valence-electron chi connectivity index (χ3n) is 3.77.